The molecule has 0 aliphatic rings. The van der Waals surface area contributed by atoms with Gasteiger partial charge in [0.25, 0.3) is 0 Å². The summed E-state index contributed by atoms with van der Waals surface area (Å²) >= 11 is 7.20. The monoisotopic (exact) mass is 384 g/mol. The predicted octanol–water partition coefficient (Wildman–Crippen LogP) is 5.08. The number of hydrogen-bond acceptors (Lipinski definition) is 4. The minimum Gasteiger partial charge on any atom is -0.492 e. The van der Waals surface area contributed by atoms with E-state index in [1.54, 1.807) is 11.3 Å². The van der Waals surface area contributed by atoms with Crippen molar-refractivity contribution >= 4 is 23.6 Å². The molecule has 5 heteroatoms. The molecule has 0 spiro atoms. The van der Waals surface area contributed by atoms with E-state index < -0.39 is 0 Å². The van der Waals surface area contributed by atoms with E-state index in [0.717, 1.165) is 22.7 Å². The van der Waals surface area contributed by atoms with Gasteiger partial charge in [-0.3, -0.25) is 0 Å². The molecule has 136 valence electrons. The third-order valence-electron chi connectivity index (χ3n) is 4.22. The highest BCUT2D eigenvalue weighted by atomic mass is 32.1. The van der Waals surface area contributed by atoms with Crippen LogP contribution in [-0.2, 0) is 13.5 Å². The summed E-state index contributed by atoms with van der Waals surface area (Å²) in [5, 5.41) is 3.55. The van der Waals surface area contributed by atoms with Gasteiger partial charge in [-0.1, -0.05) is 48.5 Å². The van der Waals surface area contributed by atoms with Crippen LogP contribution in [0.3, 0.4) is 0 Å². The maximum atomic E-state index is 5.81. The van der Waals surface area contributed by atoms with Gasteiger partial charge in [0.05, 0.1) is 5.69 Å². The summed E-state index contributed by atoms with van der Waals surface area (Å²) in [5.74, 6) is 0.911. The van der Waals surface area contributed by atoms with Gasteiger partial charge in [0.2, 0.25) is 0 Å². The van der Waals surface area contributed by atoms with Gasteiger partial charge in [-0.15, -0.1) is 11.3 Å². The first-order valence-electron chi connectivity index (χ1n) is 8.80. The van der Waals surface area contributed by atoms with Crippen molar-refractivity contribution in [3.8, 4) is 17.0 Å². The molecule has 1 unspecified atom stereocenters. The lowest BCUT2D eigenvalue weighted by atomic mass is 10.1. The van der Waals surface area contributed by atoms with Crippen LogP contribution in [0.5, 0.6) is 5.75 Å². The lowest BCUT2D eigenvalue weighted by Crippen LogP contribution is -2.33. The first-order valence-corrected chi connectivity index (χ1v) is 10.0. The zero-order chi connectivity index (χ0) is 18.4. The van der Waals surface area contributed by atoms with E-state index in [1.165, 1.54) is 16.1 Å². The van der Waals surface area contributed by atoms with Crippen LogP contribution in [0.1, 0.15) is 11.8 Å². The average Bonchev–Trinajstić information content (AvgIpc) is 2.95. The molecule has 0 bridgehead atoms. The van der Waals surface area contributed by atoms with Crippen molar-refractivity contribution in [3.05, 3.63) is 69.5 Å². The SMILES string of the molecule is CC(COc1ccccc1)NCCc1sc(=S)n(C)c1-c1ccccc1. The maximum absolute atomic E-state index is 5.81. The summed E-state index contributed by atoms with van der Waals surface area (Å²) in [6, 6.07) is 20.7. The fourth-order valence-electron chi connectivity index (χ4n) is 2.85. The molecule has 3 aromatic rings. The zero-order valence-corrected chi connectivity index (χ0v) is 16.8. The van der Waals surface area contributed by atoms with E-state index in [-0.39, 0.29) is 6.04 Å². The Morgan fingerprint density at radius 1 is 1.08 bits per heavy atom. The van der Waals surface area contributed by atoms with Crippen LogP contribution in [0.25, 0.3) is 11.3 Å². The Labute approximate surface area is 164 Å². The second-order valence-electron chi connectivity index (χ2n) is 6.29. The number of nitrogens with one attached hydrogen (secondary N) is 1. The quantitative estimate of drug-likeness (QED) is 0.548. The fourth-order valence-corrected chi connectivity index (χ4v) is 4.24. The van der Waals surface area contributed by atoms with Crippen molar-refractivity contribution in [2.24, 2.45) is 7.05 Å². The van der Waals surface area contributed by atoms with E-state index in [4.69, 9.17) is 17.0 Å². The van der Waals surface area contributed by atoms with E-state index in [1.807, 2.05) is 36.4 Å². The first-order chi connectivity index (χ1) is 12.6. The molecule has 1 atom stereocenters. The van der Waals surface area contributed by atoms with E-state index >= 15 is 0 Å². The second-order valence-corrected chi connectivity index (χ2v) is 8.02. The molecule has 0 aliphatic carbocycles. The number of thiazole rings is 1. The molecular weight excluding hydrogens is 360 g/mol. The summed E-state index contributed by atoms with van der Waals surface area (Å²) in [5.41, 5.74) is 2.45. The van der Waals surface area contributed by atoms with Crippen molar-refractivity contribution in [1.29, 1.82) is 0 Å². The molecular formula is C21H24N2OS2. The van der Waals surface area contributed by atoms with Gasteiger partial charge >= 0.3 is 0 Å². The number of rotatable bonds is 8. The highest BCUT2D eigenvalue weighted by Gasteiger charge is 2.12. The van der Waals surface area contributed by atoms with Gasteiger partial charge < -0.3 is 14.6 Å². The second kappa shape index (κ2) is 9.12. The lowest BCUT2D eigenvalue weighted by molar-refractivity contribution is 0.274. The van der Waals surface area contributed by atoms with Crippen molar-refractivity contribution in [2.75, 3.05) is 13.2 Å². The van der Waals surface area contributed by atoms with Gasteiger partial charge in [-0.05, 0) is 43.3 Å². The fraction of sp³-hybridized carbons (Fsp3) is 0.286. The van der Waals surface area contributed by atoms with Gasteiger partial charge in [0.15, 0.2) is 3.95 Å². The van der Waals surface area contributed by atoms with Gasteiger partial charge in [0.1, 0.15) is 12.4 Å². The van der Waals surface area contributed by atoms with Crippen LogP contribution >= 0.6 is 23.6 Å². The standard InChI is InChI=1S/C21H24N2OS2/c1-16(15-24-18-11-7-4-8-12-18)22-14-13-19-20(23(2)21(25)26-19)17-9-5-3-6-10-17/h3-12,16,22H,13-15H2,1-2H3. The van der Waals surface area contributed by atoms with Crippen molar-refractivity contribution < 1.29 is 4.74 Å². The van der Waals surface area contributed by atoms with Gasteiger partial charge in [-0.2, -0.15) is 0 Å². The Morgan fingerprint density at radius 3 is 2.42 bits per heavy atom. The summed E-state index contributed by atoms with van der Waals surface area (Å²) in [6.45, 7) is 3.70. The van der Waals surface area contributed by atoms with Crippen molar-refractivity contribution in [1.82, 2.24) is 9.88 Å². The molecule has 1 heterocycles. The Bertz CT molecular complexity index is 872. The number of para-hydroxylation sites is 1. The average molecular weight is 385 g/mol. The van der Waals surface area contributed by atoms with Crippen LogP contribution < -0.4 is 10.1 Å². The lowest BCUT2D eigenvalue weighted by Gasteiger charge is -2.15. The van der Waals surface area contributed by atoms with Crippen molar-refractivity contribution in [3.63, 3.8) is 0 Å². The Balaban J connectivity index is 1.57. The van der Waals surface area contributed by atoms with Crippen LogP contribution in [0, 0.1) is 3.95 Å². The largest absolute Gasteiger partial charge is 0.492 e. The first kappa shape index (κ1) is 18.8. The Kier molecular flexibility index (Phi) is 6.61. The Hall–Kier alpha value is -1.95. The summed E-state index contributed by atoms with van der Waals surface area (Å²) in [4.78, 5) is 1.33. The minimum atomic E-state index is 0.284. The van der Waals surface area contributed by atoms with Crippen LogP contribution in [0.2, 0.25) is 0 Å². The van der Waals surface area contributed by atoms with E-state index in [9.17, 15) is 0 Å². The van der Waals surface area contributed by atoms with E-state index in [2.05, 4.69) is 48.1 Å². The third kappa shape index (κ3) is 4.81. The number of benzene rings is 2. The van der Waals surface area contributed by atoms with Crippen LogP contribution in [0.4, 0.5) is 0 Å². The molecule has 0 radical (unpaired) electrons. The topological polar surface area (TPSA) is 26.2 Å². The summed E-state index contributed by atoms with van der Waals surface area (Å²) < 4.78 is 8.84. The molecule has 1 N–H and O–H groups in total. The molecule has 0 saturated carbocycles. The summed E-state index contributed by atoms with van der Waals surface area (Å²) in [6.07, 6.45) is 0.953. The maximum Gasteiger partial charge on any atom is 0.161 e. The molecule has 26 heavy (non-hydrogen) atoms. The van der Waals surface area contributed by atoms with Gasteiger partial charge in [0, 0.05) is 24.5 Å². The number of aromatic nitrogens is 1. The van der Waals surface area contributed by atoms with Gasteiger partial charge in [-0.25, -0.2) is 0 Å². The molecule has 0 amide bonds. The molecule has 0 aliphatic heterocycles. The van der Waals surface area contributed by atoms with Crippen molar-refractivity contribution in [2.45, 2.75) is 19.4 Å². The van der Waals surface area contributed by atoms with E-state index in [0.29, 0.717) is 6.61 Å². The smallest absolute Gasteiger partial charge is 0.161 e. The number of hydrogen-bond donors (Lipinski definition) is 1. The summed E-state index contributed by atoms with van der Waals surface area (Å²) in [7, 11) is 2.05. The molecule has 2 aromatic carbocycles. The predicted molar refractivity (Wildman–Crippen MR) is 113 cm³/mol. The molecule has 0 fully saturated rings. The molecule has 0 saturated heterocycles. The highest BCUT2D eigenvalue weighted by Crippen LogP contribution is 2.29. The highest BCUT2D eigenvalue weighted by molar-refractivity contribution is 7.73. The minimum absolute atomic E-state index is 0.284. The number of nitrogens with zero attached hydrogens (tertiary/aromatic N) is 1. The molecule has 3 rings (SSSR count). The van der Waals surface area contributed by atoms with Crippen LogP contribution in [-0.4, -0.2) is 23.8 Å². The third-order valence-corrected chi connectivity index (χ3v) is 5.84. The normalized spacial score (nSPS) is 12.1. The Morgan fingerprint density at radius 2 is 1.73 bits per heavy atom. The van der Waals surface area contributed by atoms with Crippen LogP contribution in [0.15, 0.2) is 60.7 Å². The number of ether oxygens (including phenoxy) is 1. The molecule has 1 aromatic heterocycles. The zero-order valence-electron chi connectivity index (χ0n) is 15.1. The molecule has 3 nitrogen and oxygen atoms in total.